The molecule has 0 aliphatic carbocycles. The Morgan fingerprint density at radius 3 is 2.73 bits per heavy atom. The van der Waals surface area contributed by atoms with Crippen molar-refractivity contribution in [1.29, 1.82) is 0 Å². The van der Waals surface area contributed by atoms with Crippen LogP contribution in [0.25, 0.3) is 6.08 Å². The molecule has 0 aliphatic heterocycles. The van der Waals surface area contributed by atoms with E-state index < -0.39 is 18.0 Å². The Kier molecular flexibility index (Phi) is 4.77. The average Bonchev–Trinajstić information content (AvgIpc) is 2.45. The van der Waals surface area contributed by atoms with E-state index in [0.717, 1.165) is 17.7 Å². The smallest absolute Gasteiger partial charge is 0.406 e. The van der Waals surface area contributed by atoms with Crippen LogP contribution in [0.4, 0.5) is 18.9 Å². The van der Waals surface area contributed by atoms with Crippen LogP contribution in [-0.4, -0.2) is 17.3 Å². The van der Waals surface area contributed by atoms with Crippen molar-refractivity contribution in [3.63, 3.8) is 0 Å². The minimum Gasteiger partial charge on any atom is -0.406 e. The van der Waals surface area contributed by atoms with Crippen molar-refractivity contribution in [1.82, 2.24) is 4.98 Å². The first-order valence-electron chi connectivity index (χ1n) is 6.17. The van der Waals surface area contributed by atoms with Crippen LogP contribution in [0.5, 0.6) is 5.75 Å². The van der Waals surface area contributed by atoms with Crippen molar-refractivity contribution in [2.24, 2.45) is 0 Å². The number of hydrogen-bond acceptors (Lipinski definition) is 3. The molecule has 0 bridgehead atoms. The lowest BCUT2D eigenvalue weighted by Gasteiger charge is -2.10. The summed E-state index contributed by atoms with van der Waals surface area (Å²) in [5.41, 5.74) is 0.925. The van der Waals surface area contributed by atoms with Gasteiger partial charge in [-0.3, -0.25) is 9.78 Å². The van der Waals surface area contributed by atoms with Gasteiger partial charge in [-0.1, -0.05) is 12.1 Å². The fourth-order valence-electron chi connectivity index (χ4n) is 1.60. The van der Waals surface area contributed by atoms with Gasteiger partial charge < -0.3 is 10.1 Å². The molecule has 0 radical (unpaired) electrons. The van der Waals surface area contributed by atoms with Crippen molar-refractivity contribution in [2.75, 3.05) is 5.32 Å². The third-order valence-electron chi connectivity index (χ3n) is 2.45. The van der Waals surface area contributed by atoms with E-state index in [-0.39, 0.29) is 5.69 Å². The zero-order chi connectivity index (χ0) is 16.0. The predicted octanol–water partition coefficient (Wildman–Crippen LogP) is 3.63. The second-order valence-corrected chi connectivity index (χ2v) is 4.18. The van der Waals surface area contributed by atoms with Gasteiger partial charge in [-0.2, -0.15) is 0 Å². The van der Waals surface area contributed by atoms with Crippen molar-refractivity contribution in [3.8, 4) is 5.75 Å². The summed E-state index contributed by atoms with van der Waals surface area (Å²) in [5.74, 6) is -0.880. The molecule has 114 valence electrons. The molecule has 0 aliphatic rings. The number of nitrogens with one attached hydrogen (secondary N) is 1. The number of carbonyl (C=O) groups excluding carboxylic acids is 1. The van der Waals surface area contributed by atoms with Gasteiger partial charge in [0, 0.05) is 30.2 Å². The molecule has 1 N–H and O–H groups in total. The van der Waals surface area contributed by atoms with Gasteiger partial charge >= 0.3 is 6.36 Å². The van der Waals surface area contributed by atoms with E-state index in [4.69, 9.17) is 0 Å². The minimum absolute atomic E-state index is 0.197. The third kappa shape index (κ3) is 5.28. The standard InChI is InChI=1S/C15H11F3N2O2/c16-15(17,18)22-13-5-1-4-12(9-13)20-14(21)7-6-11-3-2-8-19-10-11/h1-10H,(H,20,21)/b7-6+. The zero-order valence-corrected chi connectivity index (χ0v) is 11.2. The van der Waals surface area contributed by atoms with Gasteiger partial charge in [0.05, 0.1) is 0 Å². The summed E-state index contributed by atoms with van der Waals surface area (Å²) in [7, 11) is 0. The van der Waals surface area contributed by atoms with Crippen molar-refractivity contribution >= 4 is 17.7 Å². The first-order chi connectivity index (χ1) is 10.4. The number of alkyl halides is 3. The van der Waals surface area contributed by atoms with Crippen LogP contribution in [0.1, 0.15) is 5.56 Å². The van der Waals surface area contributed by atoms with E-state index in [1.54, 1.807) is 30.6 Å². The Morgan fingerprint density at radius 1 is 1.23 bits per heavy atom. The predicted molar refractivity (Wildman–Crippen MR) is 75.0 cm³/mol. The van der Waals surface area contributed by atoms with E-state index in [9.17, 15) is 18.0 Å². The van der Waals surface area contributed by atoms with Crippen LogP contribution >= 0.6 is 0 Å². The van der Waals surface area contributed by atoms with Gasteiger partial charge in [0.2, 0.25) is 5.91 Å². The van der Waals surface area contributed by atoms with E-state index in [2.05, 4.69) is 15.0 Å². The number of halogens is 3. The summed E-state index contributed by atoms with van der Waals surface area (Å²) < 4.78 is 40.1. The minimum atomic E-state index is -4.77. The van der Waals surface area contributed by atoms with Gasteiger partial charge in [0.1, 0.15) is 5.75 Å². The van der Waals surface area contributed by atoms with E-state index >= 15 is 0 Å². The highest BCUT2D eigenvalue weighted by atomic mass is 19.4. The lowest BCUT2D eigenvalue weighted by Crippen LogP contribution is -2.17. The summed E-state index contributed by atoms with van der Waals surface area (Å²) in [6.45, 7) is 0. The monoisotopic (exact) mass is 308 g/mol. The fourth-order valence-corrected chi connectivity index (χ4v) is 1.60. The number of amides is 1. The topological polar surface area (TPSA) is 51.2 Å². The molecule has 0 spiro atoms. The molecule has 4 nitrogen and oxygen atoms in total. The van der Waals surface area contributed by atoms with E-state index in [1.807, 2.05) is 0 Å². The highest BCUT2D eigenvalue weighted by Gasteiger charge is 2.31. The Balaban J connectivity index is 2.00. The zero-order valence-electron chi connectivity index (χ0n) is 11.2. The number of ether oxygens (including phenoxy) is 1. The maximum Gasteiger partial charge on any atom is 0.573 e. The van der Waals surface area contributed by atoms with Crippen LogP contribution in [0.2, 0.25) is 0 Å². The fraction of sp³-hybridized carbons (Fsp3) is 0.0667. The molecular formula is C15H11F3N2O2. The van der Waals surface area contributed by atoms with Gasteiger partial charge in [0.15, 0.2) is 0 Å². The first kappa shape index (κ1) is 15.6. The van der Waals surface area contributed by atoms with Crippen LogP contribution in [0.3, 0.4) is 0 Å². The maximum atomic E-state index is 12.1. The molecule has 0 saturated heterocycles. The number of rotatable bonds is 4. The second kappa shape index (κ2) is 6.75. The number of carbonyl (C=O) groups is 1. The average molecular weight is 308 g/mol. The number of aromatic nitrogens is 1. The highest BCUT2D eigenvalue weighted by Crippen LogP contribution is 2.25. The Morgan fingerprint density at radius 2 is 2.05 bits per heavy atom. The summed E-state index contributed by atoms with van der Waals surface area (Å²) in [4.78, 5) is 15.6. The van der Waals surface area contributed by atoms with Crippen molar-refractivity contribution in [2.45, 2.75) is 6.36 Å². The normalized spacial score (nSPS) is 11.4. The lowest BCUT2D eigenvalue weighted by atomic mass is 10.2. The molecule has 2 aromatic rings. The number of anilines is 1. The summed E-state index contributed by atoms with van der Waals surface area (Å²) >= 11 is 0. The van der Waals surface area contributed by atoms with Gasteiger partial charge in [-0.25, -0.2) is 0 Å². The number of pyridine rings is 1. The maximum absolute atomic E-state index is 12.1. The molecule has 1 amide bonds. The van der Waals surface area contributed by atoms with Crippen LogP contribution in [-0.2, 0) is 4.79 Å². The van der Waals surface area contributed by atoms with E-state index in [0.29, 0.717) is 0 Å². The Labute approximate surface area is 124 Å². The van der Waals surface area contributed by atoms with Gasteiger partial charge in [-0.05, 0) is 29.8 Å². The second-order valence-electron chi connectivity index (χ2n) is 4.18. The Hall–Kier alpha value is -2.83. The summed E-state index contributed by atoms with van der Waals surface area (Å²) in [5, 5.41) is 2.44. The SMILES string of the molecule is O=C(/C=C/c1cccnc1)Nc1cccc(OC(F)(F)F)c1. The number of benzene rings is 1. The van der Waals surface area contributed by atoms with Crippen molar-refractivity contribution < 1.29 is 22.7 Å². The first-order valence-corrected chi connectivity index (χ1v) is 6.17. The number of hydrogen-bond donors (Lipinski definition) is 1. The molecule has 0 fully saturated rings. The Bertz CT molecular complexity index is 670. The number of nitrogens with zero attached hydrogens (tertiary/aromatic N) is 1. The van der Waals surface area contributed by atoms with Crippen molar-refractivity contribution in [3.05, 3.63) is 60.4 Å². The lowest BCUT2D eigenvalue weighted by molar-refractivity contribution is -0.274. The van der Waals surface area contributed by atoms with Crippen LogP contribution < -0.4 is 10.1 Å². The molecular weight excluding hydrogens is 297 g/mol. The molecule has 7 heteroatoms. The third-order valence-corrected chi connectivity index (χ3v) is 2.45. The largest absolute Gasteiger partial charge is 0.573 e. The van der Waals surface area contributed by atoms with Gasteiger partial charge in [0.25, 0.3) is 0 Å². The van der Waals surface area contributed by atoms with Gasteiger partial charge in [-0.15, -0.1) is 13.2 Å². The molecule has 2 rings (SSSR count). The highest BCUT2D eigenvalue weighted by molar-refractivity contribution is 6.01. The molecule has 22 heavy (non-hydrogen) atoms. The summed E-state index contributed by atoms with van der Waals surface area (Å²) in [6.07, 6.45) is 1.20. The summed E-state index contributed by atoms with van der Waals surface area (Å²) in [6, 6.07) is 8.52. The molecule has 1 aromatic heterocycles. The molecule has 1 heterocycles. The molecule has 0 saturated carbocycles. The molecule has 0 atom stereocenters. The van der Waals surface area contributed by atoms with Crippen LogP contribution in [0.15, 0.2) is 54.9 Å². The van der Waals surface area contributed by atoms with E-state index in [1.165, 1.54) is 18.2 Å². The molecule has 1 aromatic carbocycles. The molecule has 0 unspecified atom stereocenters. The van der Waals surface area contributed by atoms with Crippen LogP contribution in [0, 0.1) is 0 Å². The quantitative estimate of drug-likeness (QED) is 0.878.